The van der Waals surface area contributed by atoms with Gasteiger partial charge in [0.05, 0.1) is 25.5 Å². The fraction of sp³-hybridized carbons (Fsp3) is 0.700. The van der Waals surface area contributed by atoms with Crippen LogP contribution in [-0.2, 0) is 20.9 Å². The first kappa shape index (κ1) is 20.5. The fourth-order valence-electron chi connectivity index (χ4n) is 3.15. The van der Waals surface area contributed by atoms with Crippen molar-refractivity contribution in [2.24, 2.45) is 5.92 Å². The molecule has 6 heteroatoms. The Morgan fingerprint density at radius 2 is 2.00 bits per heavy atom. The molecule has 1 saturated heterocycles. The second kappa shape index (κ2) is 9.76. The van der Waals surface area contributed by atoms with Crippen molar-refractivity contribution in [3.05, 3.63) is 24.2 Å². The van der Waals surface area contributed by atoms with Gasteiger partial charge in [0.1, 0.15) is 5.76 Å². The normalized spacial score (nSPS) is 17.1. The monoisotopic (exact) mass is 364 g/mol. The fourth-order valence-corrected chi connectivity index (χ4v) is 3.15. The molecule has 0 N–H and O–H groups in total. The molecule has 146 valence electrons. The quantitative estimate of drug-likeness (QED) is 0.675. The summed E-state index contributed by atoms with van der Waals surface area (Å²) < 4.78 is 11.1. The van der Waals surface area contributed by atoms with Crippen LogP contribution in [0.1, 0.15) is 52.7 Å². The Morgan fingerprint density at radius 3 is 2.54 bits per heavy atom. The van der Waals surface area contributed by atoms with Crippen molar-refractivity contribution in [2.45, 2.75) is 65.6 Å². The Bertz CT molecular complexity index is 562. The first-order valence-corrected chi connectivity index (χ1v) is 9.58. The van der Waals surface area contributed by atoms with E-state index in [0.717, 1.165) is 25.2 Å². The molecule has 1 fully saturated rings. The molecule has 2 rings (SSSR count). The molecule has 0 spiro atoms. The number of hydrogen-bond acceptors (Lipinski definition) is 4. The SMILES string of the molecule is CC(C)CC(=O)N(CC(=O)N(Cc1ccco1)C[C@H]1CCCO1)C(C)C. The number of hydrogen-bond donors (Lipinski definition) is 0. The largest absolute Gasteiger partial charge is 0.467 e. The molecule has 6 nitrogen and oxygen atoms in total. The van der Waals surface area contributed by atoms with E-state index in [1.807, 2.05) is 39.8 Å². The van der Waals surface area contributed by atoms with Crippen LogP contribution in [0.4, 0.5) is 0 Å². The third-order valence-electron chi connectivity index (χ3n) is 4.56. The highest BCUT2D eigenvalue weighted by molar-refractivity contribution is 5.85. The van der Waals surface area contributed by atoms with Gasteiger partial charge in [-0.25, -0.2) is 0 Å². The van der Waals surface area contributed by atoms with E-state index in [-0.39, 0.29) is 36.4 Å². The van der Waals surface area contributed by atoms with Crippen LogP contribution >= 0.6 is 0 Å². The van der Waals surface area contributed by atoms with Gasteiger partial charge in [-0.05, 0) is 44.7 Å². The minimum absolute atomic E-state index is 0.0154. The van der Waals surface area contributed by atoms with E-state index in [2.05, 4.69) is 0 Å². The first-order chi connectivity index (χ1) is 12.4. The predicted molar refractivity (Wildman–Crippen MR) is 99.4 cm³/mol. The molecule has 1 aromatic rings. The van der Waals surface area contributed by atoms with Gasteiger partial charge in [-0.1, -0.05) is 13.8 Å². The topological polar surface area (TPSA) is 63.0 Å². The maximum atomic E-state index is 13.0. The van der Waals surface area contributed by atoms with E-state index in [0.29, 0.717) is 19.5 Å². The zero-order chi connectivity index (χ0) is 19.1. The Labute approximate surface area is 156 Å². The summed E-state index contributed by atoms with van der Waals surface area (Å²) in [5.74, 6) is 0.965. The molecule has 1 aromatic heterocycles. The van der Waals surface area contributed by atoms with Crippen molar-refractivity contribution in [1.82, 2.24) is 9.80 Å². The van der Waals surface area contributed by atoms with Crippen LogP contribution in [0, 0.1) is 5.92 Å². The summed E-state index contributed by atoms with van der Waals surface area (Å²) in [7, 11) is 0. The molecule has 1 atom stereocenters. The van der Waals surface area contributed by atoms with Gasteiger partial charge < -0.3 is 19.0 Å². The molecule has 0 aliphatic carbocycles. The van der Waals surface area contributed by atoms with Crippen LogP contribution in [-0.4, -0.2) is 53.5 Å². The maximum absolute atomic E-state index is 13.0. The Kier molecular flexibility index (Phi) is 7.69. The number of carbonyl (C=O) groups is 2. The Balaban J connectivity index is 2.05. The molecule has 26 heavy (non-hydrogen) atoms. The molecule has 1 aliphatic heterocycles. The van der Waals surface area contributed by atoms with E-state index in [1.54, 1.807) is 16.1 Å². The van der Waals surface area contributed by atoms with Gasteiger partial charge >= 0.3 is 0 Å². The summed E-state index contributed by atoms with van der Waals surface area (Å²) >= 11 is 0. The lowest BCUT2D eigenvalue weighted by atomic mass is 10.1. The lowest BCUT2D eigenvalue weighted by molar-refractivity contribution is -0.143. The number of carbonyl (C=O) groups excluding carboxylic acids is 2. The van der Waals surface area contributed by atoms with Crippen LogP contribution in [0.5, 0.6) is 0 Å². The van der Waals surface area contributed by atoms with E-state index in [9.17, 15) is 9.59 Å². The van der Waals surface area contributed by atoms with Gasteiger partial charge in [0, 0.05) is 25.6 Å². The van der Waals surface area contributed by atoms with Gasteiger partial charge in [-0.15, -0.1) is 0 Å². The predicted octanol–water partition coefficient (Wildman–Crippen LogP) is 3.07. The van der Waals surface area contributed by atoms with Gasteiger partial charge in [-0.3, -0.25) is 9.59 Å². The van der Waals surface area contributed by atoms with Crippen LogP contribution in [0.15, 0.2) is 22.8 Å². The molecule has 0 unspecified atom stereocenters. The number of furan rings is 1. The summed E-state index contributed by atoms with van der Waals surface area (Å²) in [5.41, 5.74) is 0. The molecule has 0 aromatic carbocycles. The standard InChI is InChI=1S/C20H32N2O4/c1-15(2)11-19(23)22(16(3)4)14-20(24)21(12-17-7-5-9-25-17)13-18-8-6-10-26-18/h5,7,9,15-16,18H,6,8,10-14H2,1-4H3/t18-/m1/s1. The number of rotatable bonds is 9. The molecular weight excluding hydrogens is 332 g/mol. The average molecular weight is 364 g/mol. The van der Waals surface area contributed by atoms with E-state index >= 15 is 0 Å². The van der Waals surface area contributed by atoms with Crippen LogP contribution in [0.25, 0.3) is 0 Å². The molecule has 0 radical (unpaired) electrons. The zero-order valence-corrected chi connectivity index (χ0v) is 16.4. The van der Waals surface area contributed by atoms with Gasteiger partial charge in [0.25, 0.3) is 0 Å². The van der Waals surface area contributed by atoms with Crippen LogP contribution in [0.2, 0.25) is 0 Å². The first-order valence-electron chi connectivity index (χ1n) is 9.58. The van der Waals surface area contributed by atoms with Crippen molar-refractivity contribution in [1.29, 1.82) is 0 Å². The summed E-state index contributed by atoms with van der Waals surface area (Å²) in [6, 6.07) is 3.66. The van der Waals surface area contributed by atoms with E-state index in [4.69, 9.17) is 9.15 Å². The summed E-state index contributed by atoms with van der Waals surface area (Å²) in [5, 5.41) is 0. The van der Waals surface area contributed by atoms with Gasteiger partial charge in [0.2, 0.25) is 11.8 Å². The minimum atomic E-state index is -0.0669. The maximum Gasteiger partial charge on any atom is 0.242 e. The number of nitrogens with zero attached hydrogens (tertiary/aromatic N) is 2. The smallest absolute Gasteiger partial charge is 0.242 e. The van der Waals surface area contributed by atoms with E-state index in [1.165, 1.54) is 0 Å². The third kappa shape index (κ3) is 6.16. The molecule has 2 heterocycles. The third-order valence-corrected chi connectivity index (χ3v) is 4.56. The highest BCUT2D eigenvalue weighted by Crippen LogP contribution is 2.16. The summed E-state index contributed by atoms with van der Waals surface area (Å²) in [6.45, 7) is 9.69. The highest BCUT2D eigenvalue weighted by Gasteiger charge is 2.27. The molecule has 0 bridgehead atoms. The number of ether oxygens (including phenoxy) is 1. The molecule has 1 aliphatic rings. The second-order valence-corrected chi connectivity index (χ2v) is 7.70. The van der Waals surface area contributed by atoms with Crippen molar-refractivity contribution < 1.29 is 18.7 Å². The van der Waals surface area contributed by atoms with Crippen LogP contribution < -0.4 is 0 Å². The lowest BCUT2D eigenvalue weighted by Gasteiger charge is -2.31. The second-order valence-electron chi connectivity index (χ2n) is 7.70. The van der Waals surface area contributed by atoms with E-state index < -0.39 is 0 Å². The number of amides is 2. The van der Waals surface area contributed by atoms with Gasteiger partial charge in [0.15, 0.2) is 0 Å². The highest BCUT2D eigenvalue weighted by atomic mass is 16.5. The summed E-state index contributed by atoms with van der Waals surface area (Å²) in [4.78, 5) is 29.0. The van der Waals surface area contributed by atoms with Crippen molar-refractivity contribution in [3.63, 3.8) is 0 Å². The Morgan fingerprint density at radius 1 is 1.23 bits per heavy atom. The van der Waals surface area contributed by atoms with Crippen molar-refractivity contribution in [3.8, 4) is 0 Å². The summed E-state index contributed by atoms with van der Waals surface area (Å²) in [6.07, 6.45) is 4.11. The molecule has 2 amide bonds. The van der Waals surface area contributed by atoms with Crippen molar-refractivity contribution in [2.75, 3.05) is 19.7 Å². The molecule has 0 saturated carbocycles. The Hall–Kier alpha value is -1.82. The van der Waals surface area contributed by atoms with Gasteiger partial charge in [-0.2, -0.15) is 0 Å². The molecular formula is C20H32N2O4. The van der Waals surface area contributed by atoms with Crippen molar-refractivity contribution >= 4 is 11.8 Å². The minimum Gasteiger partial charge on any atom is -0.467 e. The zero-order valence-electron chi connectivity index (χ0n) is 16.4. The van der Waals surface area contributed by atoms with Crippen LogP contribution in [0.3, 0.4) is 0 Å². The lowest BCUT2D eigenvalue weighted by Crippen LogP contribution is -2.47. The average Bonchev–Trinajstić information content (AvgIpc) is 3.24.